The fourth-order valence-corrected chi connectivity index (χ4v) is 2.28. The van der Waals surface area contributed by atoms with Gasteiger partial charge in [-0.1, -0.05) is 0 Å². The van der Waals surface area contributed by atoms with Crippen LogP contribution in [0.25, 0.3) is 0 Å². The lowest BCUT2D eigenvalue weighted by Crippen LogP contribution is -2.45. The number of ether oxygens (including phenoxy) is 2. The minimum Gasteiger partial charge on any atom is -0.493 e. The molecule has 0 spiro atoms. The van der Waals surface area contributed by atoms with Gasteiger partial charge in [-0.25, -0.2) is 0 Å². The van der Waals surface area contributed by atoms with E-state index < -0.39 is 0 Å². The zero-order valence-electron chi connectivity index (χ0n) is 12.1. The lowest BCUT2D eigenvalue weighted by atomic mass is 10.1. The van der Waals surface area contributed by atoms with Crippen molar-refractivity contribution in [2.45, 2.75) is 6.92 Å². The van der Waals surface area contributed by atoms with Gasteiger partial charge in [0.2, 0.25) is 0 Å². The Balaban J connectivity index is 2.05. The predicted molar refractivity (Wildman–Crippen MR) is 77.8 cm³/mol. The molecule has 1 fully saturated rings. The smallest absolute Gasteiger partial charge is 0.176 e. The second kappa shape index (κ2) is 7.26. The van der Waals surface area contributed by atoms with E-state index in [-0.39, 0.29) is 5.78 Å². The summed E-state index contributed by atoms with van der Waals surface area (Å²) in [7, 11) is 1.59. The number of hydrogen-bond acceptors (Lipinski definition) is 5. The zero-order chi connectivity index (χ0) is 14.4. The molecule has 0 aromatic heterocycles. The largest absolute Gasteiger partial charge is 0.493 e. The Morgan fingerprint density at radius 1 is 1.30 bits per heavy atom. The summed E-state index contributed by atoms with van der Waals surface area (Å²) in [5, 5.41) is 3.28. The fourth-order valence-electron chi connectivity index (χ4n) is 2.28. The van der Waals surface area contributed by atoms with Gasteiger partial charge in [-0.3, -0.25) is 9.69 Å². The van der Waals surface area contributed by atoms with E-state index in [2.05, 4.69) is 10.2 Å². The van der Waals surface area contributed by atoms with Crippen molar-refractivity contribution in [2.75, 3.05) is 46.4 Å². The second-order valence-corrected chi connectivity index (χ2v) is 4.75. The molecule has 1 saturated heterocycles. The molecule has 0 radical (unpaired) electrons. The summed E-state index contributed by atoms with van der Waals surface area (Å²) >= 11 is 0. The Kier molecular flexibility index (Phi) is 5.38. The molecule has 1 N–H and O–H groups in total. The molecule has 1 aliphatic heterocycles. The number of methoxy groups -OCH3 is 1. The maximum Gasteiger partial charge on any atom is 0.176 e. The highest BCUT2D eigenvalue weighted by Gasteiger charge is 2.16. The average molecular weight is 278 g/mol. The van der Waals surface area contributed by atoms with Crippen LogP contribution in [0.4, 0.5) is 0 Å². The first kappa shape index (κ1) is 14.8. The molecule has 2 rings (SSSR count). The number of ketones is 1. The number of nitrogens with one attached hydrogen (secondary N) is 1. The summed E-state index contributed by atoms with van der Waals surface area (Å²) in [5.74, 6) is 1.40. The zero-order valence-corrected chi connectivity index (χ0v) is 12.1. The minimum absolute atomic E-state index is 0.119. The van der Waals surface area contributed by atoms with E-state index in [1.165, 1.54) is 0 Å². The molecule has 1 aromatic carbocycles. The lowest BCUT2D eigenvalue weighted by Gasteiger charge is -2.26. The Hall–Kier alpha value is -1.59. The third kappa shape index (κ3) is 3.71. The van der Waals surface area contributed by atoms with Crippen molar-refractivity contribution in [2.24, 2.45) is 0 Å². The van der Waals surface area contributed by atoms with Gasteiger partial charge in [0.1, 0.15) is 0 Å². The number of Topliss-reactive ketones (excluding diaryl/α,β-unsaturated/α-hetero) is 1. The molecule has 0 amide bonds. The molecule has 110 valence electrons. The maximum atomic E-state index is 12.3. The van der Waals surface area contributed by atoms with Gasteiger partial charge in [0.15, 0.2) is 17.3 Å². The third-order valence-electron chi connectivity index (χ3n) is 3.36. The summed E-state index contributed by atoms with van der Waals surface area (Å²) < 4.78 is 10.7. The molecular formula is C15H22N2O3. The molecule has 0 aliphatic carbocycles. The van der Waals surface area contributed by atoms with E-state index in [4.69, 9.17) is 9.47 Å². The van der Waals surface area contributed by atoms with Crippen LogP contribution in [0.1, 0.15) is 17.3 Å². The van der Waals surface area contributed by atoms with Crippen molar-refractivity contribution in [3.8, 4) is 11.5 Å². The van der Waals surface area contributed by atoms with Crippen molar-refractivity contribution in [1.29, 1.82) is 0 Å². The van der Waals surface area contributed by atoms with Crippen molar-refractivity contribution in [1.82, 2.24) is 10.2 Å². The SMILES string of the molecule is CCOc1ccc(C(=O)CN2CCNCC2)cc1OC. The topological polar surface area (TPSA) is 50.8 Å². The summed E-state index contributed by atoms with van der Waals surface area (Å²) in [5.41, 5.74) is 0.670. The number of nitrogens with zero attached hydrogens (tertiary/aromatic N) is 1. The molecule has 0 saturated carbocycles. The Bertz CT molecular complexity index is 456. The van der Waals surface area contributed by atoms with Crippen LogP contribution in [0.2, 0.25) is 0 Å². The molecule has 0 bridgehead atoms. The van der Waals surface area contributed by atoms with E-state index in [0.29, 0.717) is 30.2 Å². The minimum atomic E-state index is 0.119. The van der Waals surface area contributed by atoms with Crippen LogP contribution in [0.5, 0.6) is 11.5 Å². The van der Waals surface area contributed by atoms with Gasteiger partial charge >= 0.3 is 0 Å². The molecule has 1 aromatic rings. The first-order chi connectivity index (χ1) is 9.74. The number of carbonyl (C=O) groups excluding carboxylic acids is 1. The van der Waals surface area contributed by atoms with Crippen LogP contribution in [0.15, 0.2) is 18.2 Å². The van der Waals surface area contributed by atoms with Crippen LogP contribution in [0, 0.1) is 0 Å². The van der Waals surface area contributed by atoms with Gasteiger partial charge in [0, 0.05) is 31.7 Å². The van der Waals surface area contributed by atoms with Crippen LogP contribution in [-0.2, 0) is 0 Å². The summed E-state index contributed by atoms with van der Waals surface area (Å²) in [4.78, 5) is 14.5. The van der Waals surface area contributed by atoms with E-state index in [1.807, 2.05) is 6.92 Å². The molecular weight excluding hydrogens is 256 g/mol. The van der Waals surface area contributed by atoms with Crippen molar-refractivity contribution in [3.05, 3.63) is 23.8 Å². The quantitative estimate of drug-likeness (QED) is 0.792. The van der Waals surface area contributed by atoms with E-state index >= 15 is 0 Å². The average Bonchev–Trinajstić information content (AvgIpc) is 2.49. The summed E-state index contributed by atoms with van der Waals surface area (Å²) in [6, 6.07) is 5.36. The number of carbonyl (C=O) groups is 1. The molecule has 0 atom stereocenters. The number of rotatable bonds is 6. The Morgan fingerprint density at radius 2 is 2.05 bits per heavy atom. The van der Waals surface area contributed by atoms with E-state index in [0.717, 1.165) is 26.2 Å². The van der Waals surface area contributed by atoms with Gasteiger partial charge < -0.3 is 14.8 Å². The van der Waals surface area contributed by atoms with Crippen molar-refractivity contribution < 1.29 is 14.3 Å². The van der Waals surface area contributed by atoms with Crippen LogP contribution in [0.3, 0.4) is 0 Å². The second-order valence-electron chi connectivity index (χ2n) is 4.75. The van der Waals surface area contributed by atoms with Crippen LogP contribution >= 0.6 is 0 Å². The highest BCUT2D eigenvalue weighted by atomic mass is 16.5. The monoisotopic (exact) mass is 278 g/mol. The number of piperazine rings is 1. The van der Waals surface area contributed by atoms with Crippen LogP contribution in [-0.4, -0.2) is 57.1 Å². The molecule has 5 heteroatoms. The first-order valence-electron chi connectivity index (χ1n) is 7.01. The highest BCUT2D eigenvalue weighted by Crippen LogP contribution is 2.28. The Morgan fingerprint density at radius 3 is 2.70 bits per heavy atom. The van der Waals surface area contributed by atoms with Crippen LogP contribution < -0.4 is 14.8 Å². The molecule has 5 nitrogen and oxygen atoms in total. The predicted octanol–water partition coefficient (Wildman–Crippen LogP) is 1.18. The molecule has 1 heterocycles. The molecule has 20 heavy (non-hydrogen) atoms. The summed E-state index contributed by atoms with van der Waals surface area (Å²) in [6.45, 7) is 6.67. The first-order valence-corrected chi connectivity index (χ1v) is 7.01. The maximum absolute atomic E-state index is 12.3. The number of hydrogen-bond donors (Lipinski definition) is 1. The number of benzene rings is 1. The van der Waals surface area contributed by atoms with Gasteiger partial charge in [0.25, 0.3) is 0 Å². The standard InChI is InChI=1S/C15H22N2O3/c1-3-20-14-5-4-12(10-15(14)19-2)13(18)11-17-8-6-16-7-9-17/h4-5,10,16H,3,6-9,11H2,1-2H3. The van der Waals surface area contributed by atoms with Gasteiger partial charge in [0.05, 0.1) is 20.3 Å². The lowest BCUT2D eigenvalue weighted by molar-refractivity contribution is 0.0921. The Labute approximate surface area is 119 Å². The molecule has 1 aliphatic rings. The molecule has 0 unspecified atom stereocenters. The highest BCUT2D eigenvalue weighted by molar-refractivity contribution is 5.98. The van der Waals surface area contributed by atoms with Gasteiger partial charge in [-0.15, -0.1) is 0 Å². The van der Waals surface area contributed by atoms with E-state index in [1.54, 1.807) is 25.3 Å². The fraction of sp³-hybridized carbons (Fsp3) is 0.533. The van der Waals surface area contributed by atoms with Crippen molar-refractivity contribution in [3.63, 3.8) is 0 Å². The van der Waals surface area contributed by atoms with Crippen molar-refractivity contribution >= 4 is 5.78 Å². The summed E-state index contributed by atoms with van der Waals surface area (Å²) in [6.07, 6.45) is 0. The normalized spacial score (nSPS) is 15.9. The third-order valence-corrected chi connectivity index (χ3v) is 3.36. The van der Waals surface area contributed by atoms with E-state index in [9.17, 15) is 4.79 Å². The van der Waals surface area contributed by atoms with Gasteiger partial charge in [-0.05, 0) is 25.1 Å². The van der Waals surface area contributed by atoms with Gasteiger partial charge in [-0.2, -0.15) is 0 Å².